The molecule has 3 nitrogen and oxygen atoms in total. The summed E-state index contributed by atoms with van der Waals surface area (Å²) in [6, 6.07) is 6.43. The molecule has 0 aliphatic heterocycles. The predicted octanol–water partition coefficient (Wildman–Crippen LogP) is 1.55. The fraction of sp³-hybridized carbons (Fsp3) is 0.364. The fourth-order valence-electron chi connectivity index (χ4n) is 1.28. The Hall–Kier alpha value is -1.13. The molecule has 2 N–H and O–H groups in total. The Labute approximate surface area is 101 Å². The van der Waals surface area contributed by atoms with Crippen LogP contribution in [-0.4, -0.2) is 24.4 Å². The third-order valence-corrected chi connectivity index (χ3v) is 2.15. The fourth-order valence-corrected chi connectivity index (χ4v) is 1.28. The standard InChI is InChI=1S/C11H15FN2O.ClH/c1-14(11(15)6-7-13)8-9-4-2-3-5-10(9)12;/h2-5H,6-8,13H2,1H3;1H. The summed E-state index contributed by atoms with van der Waals surface area (Å²) in [5.74, 6) is -0.356. The van der Waals surface area contributed by atoms with E-state index in [0.29, 0.717) is 18.5 Å². The molecule has 0 aromatic heterocycles. The van der Waals surface area contributed by atoms with Gasteiger partial charge >= 0.3 is 0 Å². The number of nitrogens with zero attached hydrogens (tertiary/aromatic N) is 1. The van der Waals surface area contributed by atoms with Gasteiger partial charge in [0.15, 0.2) is 0 Å². The smallest absolute Gasteiger partial charge is 0.223 e. The van der Waals surface area contributed by atoms with Crippen LogP contribution in [0, 0.1) is 5.82 Å². The Morgan fingerprint density at radius 1 is 1.44 bits per heavy atom. The number of nitrogens with two attached hydrogens (primary N) is 1. The lowest BCUT2D eigenvalue weighted by molar-refractivity contribution is -0.130. The minimum atomic E-state index is -0.287. The van der Waals surface area contributed by atoms with Gasteiger partial charge in [0.2, 0.25) is 5.91 Å². The van der Waals surface area contributed by atoms with Crippen LogP contribution < -0.4 is 5.73 Å². The Kier molecular flexibility index (Phi) is 6.69. The van der Waals surface area contributed by atoms with Gasteiger partial charge in [0, 0.05) is 32.1 Å². The van der Waals surface area contributed by atoms with Gasteiger partial charge in [0.05, 0.1) is 0 Å². The molecule has 5 heteroatoms. The maximum Gasteiger partial charge on any atom is 0.223 e. The summed E-state index contributed by atoms with van der Waals surface area (Å²) in [7, 11) is 1.64. The molecule has 0 unspecified atom stereocenters. The predicted molar refractivity (Wildman–Crippen MR) is 63.8 cm³/mol. The Morgan fingerprint density at radius 3 is 2.62 bits per heavy atom. The van der Waals surface area contributed by atoms with Crippen molar-refractivity contribution < 1.29 is 9.18 Å². The normalized spacial score (nSPS) is 9.44. The van der Waals surface area contributed by atoms with Crippen molar-refractivity contribution in [2.24, 2.45) is 5.73 Å². The average molecular weight is 247 g/mol. The van der Waals surface area contributed by atoms with E-state index in [1.165, 1.54) is 11.0 Å². The molecule has 1 aromatic rings. The number of hydrogen-bond donors (Lipinski definition) is 1. The third-order valence-electron chi connectivity index (χ3n) is 2.15. The molecule has 0 aliphatic rings. The molecule has 0 saturated heterocycles. The lowest BCUT2D eigenvalue weighted by Gasteiger charge is -2.17. The number of halogens is 2. The highest BCUT2D eigenvalue weighted by Gasteiger charge is 2.09. The molecule has 90 valence electrons. The Bertz CT molecular complexity index is 347. The lowest BCUT2D eigenvalue weighted by Crippen LogP contribution is -2.28. The van der Waals surface area contributed by atoms with Crippen molar-refractivity contribution in [2.75, 3.05) is 13.6 Å². The zero-order valence-corrected chi connectivity index (χ0v) is 9.97. The number of benzene rings is 1. The van der Waals surface area contributed by atoms with Crippen LogP contribution in [0.5, 0.6) is 0 Å². The molecule has 0 fully saturated rings. The van der Waals surface area contributed by atoms with E-state index in [0.717, 1.165) is 0 Å². The molecule has 0 heterocycles. The Balaban J connectivity index is 0.00000225. The first kappa shape index (κ1) is 14.9. The third kappa shape index (κ3) is 4.16. The molecule has 16 heavy (non-hydrogen) atoms. The summed E-state index contributed by atoms with van der Waals surface area (Å²) in [5.41, 5.74) is 5.79. The maximum absolute atomic E-state index is 13.2. The van der Waals surface area contributed by atoms with Crippen LogP contribution in [0.2, 0.25) is 0 Å². The second kappa shape index (κ2) is 7.19. The molecule has 0 radical (unpaired) electrons. The van der Waals surface area contributed by atoms with Crippen molar-refractivity contribution >= 4 is 18.3 Å². The van der Waals surface area contributed by atoms with Gasteiger partial charge < -0.3 is 10.6 Å². The number of hydrogen-bond acceptors (Lipinski definition) is 2. The second-order valence-corrected chi connectivity index (χ2v) is 3.38. The minimum Gasteiger partial charge on any atom is -0.341 e. The molecule has 0 bridgehead atoms. The molecule has 1 rings (SSSR count). The number of carbonyl (C=O) groups excluding carboxylic acids is 1. The molecular formula is C11H16ClFN2O. The second-order valence-electron chi connectivity index (χ2n) is 3.38. The number of carbonyl (C=O) groups is 1. The van der Waals surface area contributed by atoms with E-state index in [1.54, 1.807) is 25.2 Å². The first-order valence-corrected chi connectivity index (χ1v) is 4.82. The van der Waals surface area contributed by atoms with Gasteiger partial charge in [-0.1, -0.05) is 18.2 Å². The molecular weight excluding hydrogens is 231 g/mol. The van der Waals surface area contributed by atoms with Crippen molar-refractivity contribution in [1.82, 2.24) is 4.90 Å². The van der Waals surface area contributed by atoms with Gasteiger partial charge in [-0.15, -0.1) is 12.4 Å². The molecule has 0 atom stereocenters. The van der Waals surface area contributed by atoms with Crippen LogP contribution in [0.15, 0.2) is 24.3 Å². The molecule has 1 aromatic carbocycles. The van der Waals surface area contributed by atoms with E-state index in [-0.39, 0.29) is 30.7 Å². The van der Waals surface area contributed by atoms with Crippen molar-refractivity contribution in [3.05, 3.63) is 35.6 Å². The summed E-state index contributed by atoms with van der Waals surface area (Å²) >= 11 is 0. The Morgan fingerprint density at radius 2 is 2.06 bits per heavy atom. The maximum atomic E-state index is 13.2. The highest BCUT2D eigenvalue weighted by atomic mass is 35.5. The summed E-state index contributed by atoms with van der Waals surface area (Å²) in [6.07, 6.45) is 0.297. The van der Waals surface area contributed by atoms with Crippen LogP contribution in [0.25, 0.3) is 0 Å². The monoisotopic (exact) mass is 246 g/mol. The van der Waals surface area contributed by atoms with Crippen molar-refractivity contribution in [3.8, 4) is 0 Å². The molecule has 1 amide bonds. The zero-order chi connectivity index (χ0) is 11.3. The van der Waals surface area contributed by atoms with Crippen LogP contribution in [0.3, 0.4) is 0 Å². The first-order valence-electron chi connectivity index (χ1n) is 4.82. The largest absolute Gasteiger partial charge is 0.341 e. The van der Waals surface area contributed by atoms with Gasteiger partial charge in [0.25, 0.3) is 0 Å². The molecule has 0 saturated carbocycles. The summed E-state index contributed by atoms with van der Waals surface area (Å²) in [6.45, 7) is 0.603. The summed E-state index contributed by atoms with van der Waals surface area (Å²) in [5, 5.41) is 0. The van der Waals surface area contributed by atoms with Gasteiger partial charge in [-0.25, -0.2) is 4.39 Å². The topological polar surface area (TPSA) is 46.3 Å². The van der Waals surface area contributed by atoms with E-state index in [2.05, 4.69) is 0 Å². The number of amides is 1. The van der Waals surface area contributed by atoms with Gasteiger partial charge in [-0.2, -0.15) is 0 Å². The van der Waals surface area contributed by atoms with E-state index in [4.69, 9.17) is 5.73 Å². The van der Waals surface area contributed by atoms with E-state index in [9.17, 15) is 9.18 Å². The number of rotatable bonds is 4. The zero-order valence-electron chi connectivity index (χ0n) is 9.15. The summed E-state index contributed by atoms with van der Waals surface area (Å²) < 4.78 is 13.2. The minimum absolute atomic E-state index is 0. The van der Waals surface area contributed by atoms with Gasteiger partial charge in [-0.3, -0.25) is 4.79 Å². The van der Waals surface area contributed by atoms with Crippen molar-refractivity contribution in [2.45, 2.75) is 13.0 Å². The van der Waals surface area contributed by atoms with Crippen LogP contribution in [0.1, 0.15) is 12.0 Å². The van der Waals surface area contributed by atoms with Gasteiger partial charge in [0.1, 0.15) is 5.82 Å². The molecule has 0 spiro atoms. The van der Waals surface area contributed by atoms with E-state index < -0.39 is 0 Å². The highest BCUT2D eigenvalue weighted by Crippen LogP contribution is 2.09. The van der Waals surface area contributed by atoms with E-state index >= 15 is 0 Å². The quantitative estimate of drug-likeness (QED) is 0.876. The lowest BCUT2D eigenvalue weighted by atomic mass is 10.2. The van der Waals surface area contributed by atoms with Crippen molar-refractivity contribution in [3.63, 3.8) is 0 Å². The van der Waals surface area contributed by atoms with Crippen molar-refractivity contribution in [1.29, 1.82) is 0 Å². The molecule has 0 aliphatic carbocycles. The van der Waals surface area contributed by atoms with E-state index in [1.807, 2.05) is 0 Å². The summed E-state index contributed by atoms with van der Waals surface area (Å²) in [4.78, 5) is 12.9. The van der Waals surface area contributed by atoms with Crippen LogP contribution >= 0.6 is 12.4 Å². The highest BCUT2D eigenvalue weighted by molar-refractivity contribution is 5.85. The first-order chi connectivity index (χ1) is 7.15. The average Bonchev–Trinajstić information content (AvgIpc) is 2.21. The van der Waals surface area contributed by atoms with Crippen LogP contribution in [0.4, 0.5) is 4.39 Å². The van der Waals surface area contributed by atoms with Gasteiger partial charge in [-0.05, 0) is 6.07 Å². The van der Waals surface area contributed by atoms with Crippen LogP contribution in [-0.2, 0) is 11.3 Å². The SMILES string of the molecule is CN(Cc1ccccc1F)C(=O)CCN.Cl.